The third kappa shape index (κ3) is 2.34. The molecule has 120 valence electrons. The Balaban J connectivity index is 1.42. The molecular formula is C17H21N5O. The summed E-state index contributed by atoms with van der Waals surface area (Å²) >= 11 is 0. The summed E-state index contributed by atoms with van der Waals surface area (Å²) in [5.74, 6) is 0.237. The van der Waals surface area contributed by atoms with Crippen LogP contribution in [0.5, 0.6) is 0 Å². The quantitative estimate of drug-likeness (QED) is 0.758. The van der Waals surface area contributed by atoms with E-state index in [1.807, 2.05) is 24.3 Å². The van der Waals surface area contributed by atoms with E-state index in [-0.39, 0.29) is 11.5 Å². The minimum Gasteiger partial charge on any atom is -0.383 e. The largest absolute Gasteiger partial charge is 0.383 e. The number of nitrogens with two attached hydrogens (primary N) is 2. The van der Waals surface area contributed by atoms with E-state index >= 15 is 0 Å². The summed E-state index contributed by atoms with van der Waals surface area (Å²) < 4.78 is 1.49. The van der Waals surface area contributed by atoms with Gasteiger partial charge < -0.3 is 16.8 Å². The third-order valence-electron chi connectivity index (χ3n) is 5.28. The van der Waals surface area contributed by atoms with Crippen LogP contribution in [0.15, 0.2) is 41.3 Å². The number of benzene rings is 1. The fourth-order valence-corrected chi connectivity index (χ4v) is 4.08. The van der Waals surface area contributed by atoms with Crippen molar-refractivity contribution in [2.45, 2.75) is 31.3 Å². The molecule has 0 spiro atoms. The molecule has 3 aliphatic carbocycles. The number of rotatable bonds is 5. The molecule has 3 saturated carbocycles. The second kappa shape index (κ2) is 4.91. The monoisotopic (exact) mass is 311 g/mol. The fraction of sp³-hybridized carbons (Fsp3) is 0.412. The number of nitrogen functional groups attached to an aromatic ring is 1. The summed E-state index contributed by atoms with van der Waals surface area (Å²) in [4.78, 5) is 15.6. The van der Waals surface area contributed by atoms with E-state index in [0.29, 0.717) is 11.0 Å². The molecule has 2 aromatic rings. The van der Waals surface area contributed by atoms with Crippen molar-refractivity contribution in [3.8, 4) is 5.69 Å². The van der Waals surface area contributed by atoms with Gasteiger partial charge in [0, 0.05) is 18.3 Å². The molecule has 1 aromatic heterocycles. The van der Waals surface area contributed by atoms with E-state index in [2.05, 4.69) is 10.3 Å². The standard InChI is InChI=1S/C17H21N5O/c18-11-16-8-17(9-16,10-16)20-7-12-1-3-13(4-2-12)22-6-5-14(19)21-15(22)23/h1-6,20H,7-11,18H2,(H2,19,21,23). The van der Waals surface area contributed by atoms with Crippen LogP contribution in [0.25, 0.3) is 5.69 Å². The van der Waals surface area contributed by atoms with Crippen LogP contribution in [0.4, 0.5) is 5.82 Å². The second-order valence-corrected chi connectivity index (χ2v) is 7.04. The van der Waals surface area contributed by atoms with Gasteiger partial charge in [-0.3, -0.25) is 4.57 Å². The number of anilines is 1. The Bertz CT molecular complexity index is 776. The van der Waals surface area contributed by atoms with Gasteiger partial charge in [-0.05, 0) is 55.0 Å². The van der Waals surface area contributed by atoms with Gasteiger partial charge in [-0.1, -0.05) is 12.1 Å². The van der Waals surface area contributed by atoms with Crippen molar-refractivity contribution in [2.75, 3.05) is 12.3 Å². The van der Waals surface area contributed by atoms with Crippen LogP contribution in [0.2, 0.25) is 0 Å². The topological polar surface area (TPSA) is 99.0 Å². The van der Waals surface area contributed by atoms with Gasteiger partial charge in [0.05, 0.1) is 5.69 Å². The lowest BCUT2D eigenvalue weighted by molar-refractivity contribution is -0.147. The average Bonchev–Trinajstić information content (AvgIpc) is 2.46. The number of hydrogen-bond acceptors (Lipinski definition) is 5. The first-order chi connectivity index (χ1) is 11.0. The first-order valence-corrected chi connectivity index (χ1v) is 7.93. The molecule has 6 heteroatoms. The van der Waals surface area contributed by atoms with Crippen LogP contribution in [0.3, 0.4) is 0 Å². The van der Waals surface area contributed by atoms with Gasteiger partial charge in [0.1, 0.15) is 5.82 Å². The van der Waals surface area contributed by atoms with E-state index in [4.69, 9.17) is 11.5 Å². The van der Waals surface area contributed by atoms with Gasteiger partial charge >= 0.3 is 5.69 Å². The van der Waals surface area contributed by atoms with Crippen LogP contribution < -0.4 is 22.5 Å². The lowest BCUT2D eigenvalue weighted by atomic mass is 9.39. The van der Waals surface area contributed by atoms with Gasteiger partial charge in [0.15, 0.2) is 0 Å². The highest BCUT2D eigenvalue weighted by molar-refractivity contribution is 5.36. The van der Waals surface area contributed by atoms with Crippen LogP contribution in [0, 0.1) is 5.41 Å². The van der Waals surface area contributed by atoms with E-state index in [1.165, 1.54) is 29.4 Å². The Morgan fingerprint density at radius 3 is 2.48 bits per heavy atom. The molecule has 1 heterocycles. The molecular weight excluding hydrogens is 290 g/mol. The lowest BCUT2D eigenvalue weighted by Crippen LogP contribution is -2.75. The zero-order valence-electron chi connectivity index (χ0n) is 13.0. The van der Waals surface area contributed by atoms with Crippen LogP contribution >= 0.6 is 0 Å². The number of nitrogens with zero attached hydrogens (tertiary/aromatic N) is 2. The molecule has 0 amide bonds. The molecule has 0 aliphatic heterocycles. The van der Waals surface area contributed by atoms with Crippen molar-refractivity contribution in [1.82, 2.24) is 14.9 Å². The van der Waals surface area contributed by atoms with Gasteiger partial charge in [0.2, 0.25) is 0 Å². The molecule has 0 radical (unpaired) electrons. The SMILES string of the molecule is NCC12CC(NCc3ccc(-n4ccc(N)nc4=O)cc3)(C1)C2. The molecule has 23 heavy (non-hydrogen) atoms. The number of hydrogen-bond donors (Lipinski definition) is 3. The molecule has 5 rings (SSSR count). The maximum absolute atomic E-state index is 11.8. The van der Waals surface area contributed by atoms with E-state index in [1.54, 1.807) is 12.3 Å². The first-order valence-electron chi connectivity index (χ1n) is 7.93. The molecule has 5 N–H and O–H groups in total. The Kier molecular flexibility index (Phi) is 3.08. The normalized spacial score (nSPS) is 28.0. The van der Waals surface area contributed by atoms with E-state index in [0.717, 1.165) is 18.8 Å². The van der Waals surface area contributed by atoms with Crippen LogP contribution in [-0.2, 0) is 6.54 Å². The zero-order valence-corrected chi connectivity index (χ0v) is 13.0. The molecule has 3 fully saturated rings. The zero-order chi connectivity index (χ0) is 16.1. The van der Waals surface area contributed by atoms with Crippen molar-refractivity contribution >= 4 is 5.82 Å². The predicted octanol–water partition coefficient (Wildman–Crippen LogP) is 0.786. The van der Waals surface area contributed by atoms with Crippen molar-refractivity contribution < 1.29 is 0 Å². The van der Waals surface area contributed by atoms with Crippen molar-refractivity contribution in [3.63, 3.8) is 0 Å². The molecule has 2 bridgehead atoms. The average molecular weight is 311 g/mol. The van der Waals surface area contributed by atoms with E-state index in [9.17, 15) is 4.79 Å². The summed E-state index contributed by atoms with van der Waals surface area (Å²) in [5, 5.41) is 3.66. The van der Waals surface area contributed by atoms with Crippen molar-refractivity contribution in [1.29, 1.82) is 0 Å². The van der Waals surface area contributed by atoms with Crippen LogP contribution in [-0.4, -0.2) is 21.6 Å². The van der Waals surface area contributed by atoms with Gasteiger partial charge in [-0.25, -0.2) is 4.79 Å². The maximum Gasteiger partial charge on any atom is 0.354 e. The minimum absolute atomic E-state index is 0.237. The Morgan fingerprint density at radius 2 is 1.87 bits per heavy atom. The Labute approximate surface area is 134 Å². The molecule has 0 saturated heterocycles. The summed E-state index contributed by atoms with van der Waals surface area (Å²) in [5.41, 5.74) is 13.7. The van der Waals surface area contributed by atoms with Gasteiger partial charge in [-0.15, -0.1) is 0 Å². The Hall–Kier alpha value is -2.18. The summed E-state index contributed by atoms with van der Waals surface area (Å²) in [6.45, 7) is 1.66. The second-order valence-electron chi connectivity index (χ2n) is 7.04. The maximum atomic E-state index is 11.8. The van der Waals surface area contributed by atoms with Gasteiger partial charge in [0.25, 0.3) is 0 Å². The lowest BCUT2D eigenvalue weighted by Gasteiger charge is -2.71. The Morgan fingerprint density at radius 1 is 1.17 bits per heavy atom. The van der Waals surface area contributed by atoms with Crippen molar-refractivity contribution in [3.05, 3.63) is 52.6 Å². The van der Waals surface area contributed by atoms with Crippen LogP contribution in [0.1, 0.15) is 24.8 Å². The molecule has 1 aromatic carbocycles. The van der Waals surface area contributed by atoms with E-state index < -0.39 is 0 Å². The minimum atomic E-state index is -0.364. The molecule has 0 unspecified atom stereocenters. The third-order valence-corrected chi connectivity index (χ3v) is 5.28. The van der Waals surface area contributed by atoms with Crippen molar-refractivity contribution in [2.24, 2.45) is 11.1 Å². The highest BCUT2D eigenvalue weighted by atomic mass is 16.1. The molecule has 3 aliphatic rings. The fourth-order valence-electron chi connectivity index (χ4n) is 4.08. The molecule has 0 atom stereocenters. The van der Waals surface area contributed by atoms with Gasteiger partial charge in [-0.2, -0.15) is 4.98 Å². The smallest absolute Gasteiger partial charge is 0.354 e. The first kappa shape index (κ1) is 14.4. The summed E-state index contributed by atoms with van der Waals surface area (Å²) in [6, 6.07) is 9.55. The highest BCUT2D eigenvalue weighted by Gasteiger charge is 2.66. The summed E-state index contributed by atoms with van der Waals surface area (Å²) in [6.07, 6.45) is 5.27. The predicted molar refractivity (Wildman–Crippen MR) is 89.2 cm³/mol. The highest BCUT2D eigenvalue weighted by Crippen LogP contribution is 2.66. The number of nitrogens with one attached hydrogen (secondary N) is 1. The number of aromatic nitrogens is 2. The summed E-state index contributed by atoms with van der Waals surface area (Å²) in [7, 11) is 0. The molecule has 6 nitrogen and oxygen atoms in total.